The second kappa shape index (κ2) is 10.9. The van der Waals surface area contributed by atoms with Gasteiger partial charge in [0, 0.05) is 24.6 Å². The number of nitrogens with one attached hydrogen (secondary N) is 2. The predicted octanol–water partition coefficient (Wildman–Crippen LogP) is 4.79. The third-order valence-corrected chi connectivity index (χ3v) is 7.77. The van der Waals surface area contributed by atoms with Gasteiger partial charge in [-0.3, -0.25) is 19.2 Å². The molecule has 0 bridgehead atoms. The topological polar surface area (TPSA) is 79.3 Å². The van der Waals surface area contributed by atoms with Gasteiger partial charge in [-0.25, -0.2) is 8.78 Å². The normalized spacial score (nSPS) is 20.7. The number of alkyl halides is 5. The van der Waals surface area contributed by atoms with Gasteiger partial charge in [0.1, 0.15) is 0 Å². The van der Waals surface area contributed by atoms with Crippen molar-refractivity contribution in [2.75, 3.05) is 19.6 Å². The van der Waals surface area contributed by atoms with E-state index in [1.54, 1.807) is 0 Å². The number of nitrogens with zero attached hydrogens (tertiary/aromatic N) is 3. The fraction of sp³-hybridized carbons (Fsp3) is 0.593. The highest BCUT2D eigenvalue weighted by molar-refractivity contribution is 5.94. The molecule has 2 aromatic rings. The highest BCUT2D eigenvalue weighted by Crippen LogP contribution is 2.40. The Kier molecular flexibility index (Phi) is 7.67. The predicted molar refractivity (Wildman–Crippen MR) is 133 cm³/mol. The first kappa shape index (κ1) is 27.5. The smallest absolute Gasteiger partial charge is 0.353 e. The highest BCUT2D eigenvalue weighted by atomic mass is 19.4. The molecule has 0 spiro atoms. The molecule has 1 aliphatic heterocycles. The maximum Gasteiger partial charge on any atom is 0.417 e. The van der Waals surface area contributed by atoms with E-state index in [1.165, 1.54) is 33.8 Å². The van der Waals surface area contributed by atoms with Gasteiger partial charge < -0.3 is 10.6 Å². The van der Waals surface area contributed by atoms with E-state index in [1.807, 2.05) is 0 Å². The number of benzene rings is 1. The van der Waals surface area contributed by atoms with Gasteiger partial charge in [-0.05, 0) is 44.2 Å². The second-order valence-corrected chi connectivity index (χ2v) is 10.9. The molecule has 1 aromatic carbocycles. The van der Waals surface area contributed by atoms with E-state index in [4.69, 9.17) is 0 Å². The number of aromatic nitrogens is 2. The zero-order valence-electron chi connectivity index (χ0n) is 21.4. The van der Waals surface area contributed by atoms with Gasteiger partial charge in [-0.15, -0.1) is 0 Å². The largest absolute Gasteiger partial charge is 0.417 e. The van der Waals surface area contributed by atoms with Crippen LogP contribution in [0.2, 0.25) is 0 Å². The summed E-state index contributed by atoms with van der Waals surface area (Å²) in [6.45, 7) is -0.872. The molecule has 0 unspecified atom stereocenters. The molecule has 0 radical (unpaired) electrons. The molecule has 1 aromatic heterocycles. The van der Waals surface area contributed by atoms with Gasteiger partial charge in [0.2, 0.25) is 5.91 Å². The van der Waals surface area contributed by atoms with Gasteiger partial charge in [0.15, 0.2) is 5.69 Å². The van der Waals surface area contributed by atoms with Crippen LogP contribution in [-0.2, 0) is 11.0 Å². The van der Waals surface area contributed by atoms with Crippen molar-refractivity contribution in [3.8, 4) is 11.3 Å². The lowest BCUT2D eigenvalue weighted by atomic mass is 9.93. The summed E-state index contributed by atoms with van der Waals surface area (Å²) in [5.74, 6) is -3.75. The Hall–Kier alpha value is -3.02. The SMILES string of the molecule is O=C(C[C@H](CN1CC(F)(F)C1)NC(=O)c1cc(-c2ccccc2C(F)(F)F)n(C2CCCC2)n1)NC1CCC1. The molecule has 212 valence electrons. The van der Waals surface area contributed by atoms with Crippen LogP contribution in [0.5, 0.6) is 0 Å². The van der Waals surface area contributed by atoms with Gasteiger partial charge in [0.05, 0.1) is 36.4 Å². The Morgan fingerprint density at radius 2 is 1.74 bits per heavy atom. The number of likely N-dealkylation sites (tertiary alicyclic amines) is 1. The van der Waals surface area contributed by atoms with E-state index in [2.05, 4.69) is 15.7 Å². The Balaban J connectivity index is 1.39. The third kappa shape index (κ3) is 6.42. The number of hydrogen-bond acceptors (Lipinski definition) is 4. The van der Waals surface area contributed by atoms with Crippen molar-refractivity contribution >= 4 is 11.8 Å². The fourth-order valence-electron chi connectivity index (χ4n) is 5.62. The summed E-state index contributed by atoms with van der Waals surface area (Å²) in [6.07, 6.45) is 1.37. The summed E-state index contributed by atoms with van der Waals surface area (Å²) in [7, 11) is 0. The average Bonchev–Trinajstić information content (AvgIpc) is 3.50. The Labute approximate surface area is 223 Å². The minimum absolute atomic E-state index is 0.0481. The second-order valence-electron chi connectivity index (χ2n) is 10.9. The number of amides is 2. The van der Waals surface area contributed by atoms with Crippen molar-refractivity contribution in [3.63, 3.8) is 0 Å². The molecule has 5 rings (SSSR count). The number of hydrogen-bond donors (Lipinski definition) is 2. The first-order valence-corrected chi connectivity index (χ1v) is 13.4. The number of rotatable bonds is 9. The van der Waals surface area contributed by atoms with Gasteiger partial charge in [-0.1, -0.05) is 31.0 Å². The van der Waals surface area contributed by atoms with Crippen molar-refractivity contribution in [3.05, 3.63) is 41.6 Å². The van der Waals surface area contributed by atoms with Crippen molar-refractivity contribution in [2.45, 2.75) is 81.6 Å². The van der Waals surface area contributed by atoms with E-state index >= 15 is 0 Å². The summed E-state index contributed by atoms with van der Waals surface area (Å²) in [5.41, 5.74) is -0.767. The molecule has 3 fully saturated rings. The summed E-state index contributed by atoms with van der Waals surface area (Å²) in [4.78, 5) is 27.4. The standard InChI is InChI=1S/C27H32F5N5O2/c28-26(29)15-36(16-26)14-18(12-24(38)33-17-6-5-7-17)34-25(39)22-13-23(37(35-22)19-8-1-2-9-19)20-10-3-4-11-21(20)27(30,31)32/h3-4,10-11,13,17-19H,1-2,5-9,12,14-16H2,(H,33,38)(H,34,39)/t18-/m1/s1. The molecule has 12 heteroatoms. The highest BCUT2D eigenvalue weighted by Gasteiger charge is 2.44. The molecule has 1 atom stereocenters. The van der Waals surface area contributed by atoms with E-state index in [-0.39, 0.29) is 47.9 Å². The number of carbonyl (C=O) groups is 2. The molecule has 2 N–H and O–H groups in total. The first-order valence-electron chi connectivity index (χ1n) is 13.4. The zero-order chi connectivity index (χ0) is 27.8. The van der Waals surface area contributed by atoms with Crippen LogP contribution in [0.3, 0.4) is 0 Å². The monoisotopic (exact) mass is 553 g/mol. The maximum absolute atomic E-state index is 13.8. The molecule has 7 nitrogen and oxygen atoms in total. The van der Waals surface area contributed by atoms with E-state index in [9.17, 15) is 31.5 Å². The lowest BCUT2D eigenvalue weighted by Gasteiger charge is -2.40. The number of carbonyl (C=O) groups excluding carboxylic acids is 2. The molecule has 1 saturated heterocycles. The van der Waals surface area contributed by atoms with Crippen LogP contribution < -0.4 is 10.6 Å². The van der Waals surface area contributed by atoms with Gasteiger partial charge in [-0.2, -0.15) is 18.3 Å². The maximum atomic E-state index is 13.8. The van der Waals surface area contributed by atoms with Crippen LogP contribution in [0.4, 0.5) is 22.0 Å². The summed E-state index contributed by atoms with van der Waals surface area (Å²) >= 11 is 0. The summed E-state index contributed by atoms with van der Waals surface area (Å²) < 4.78 is 69.9. The molecule has 2 aliphatic carbocycles. The Morgan fingerprint density at radius 3 is 2.36 bits per heavy atom. The lowest BCUT2D eigenvalue weighted by molar-refractivity contribution is -0.137. The van der Waals surface area contributed by atoms with Crippen molar-refractivity contribution < 1.29 is 31.5 Å². The molecule has 39 heavy (non-hydrogen) atoms. The van der Waals surface area contributed by atoms with Crippen LogP contribution in [0, 0.1) is 0 Å². The molecular weight excluding hydrogens is 521 g/mol. The van der Waals surface area contributed by atoms with Crippen LogP contribution in [0.25, 0.3) is 11.3 Å². The van der Waals surface area contributed by atoms with Crippen LogP contribution in [0.1, 0.15) is 73.5 Å². The van der Waals surface area contributed by atoms with Crippen LogP contribution >= 0.6 is 0 Å². The van der Waals surface area contributed by atoms with Crippen LogP contribution in [-0.4, -0.2) is 64.1 Å². The van der Waals surface area contributed by atoms with Gasteiger partial charge in [0.25, 0.3) is 11.8 Å². The molecular formula is C27H32F5N5O2. The minimum Gasteiger partial charge on any atom is -0.353 e. The first-order chi connectivity index (χ1) is 18.5. The zero-order valence-corrected chi connectivity index (χ0v) is 21.4. The minimum atomic E-state index is -4.60. The Bertz CT molecular complexity index is 1200. The summed E-state index contributed by atoms with van der Waals surface area (Å²) in [5, 5.41) is 10.1. The lowest BCUT2D eigenvalue weighted by Crippen LogP contribution is -2.60. The van der Waals surface area contributed by atoms with Crippen molar-refractivity contribution in [1.29, 1.82) is 0 Å². The van der Waals surface area contributed by atoms with Crippen LogP contribution in [0.15, 0.2) is 30.3 Å². The quantitative estimate of drug-likeness (QED) is 0.438. The number of halogens is 5. The summed E-state index contributed by atoms with van der Waals surface area (Å²) in [6, 6.07) is 5.71. The fourth-order valence-corrected chi connectivity index (χ4v) is 5.62. The van der Waals surface area contributed by atoms with E-state index < -0.39 is 42.7 Å². The average molecular weight is 554 g/mol. The van der Waals surface area contributed by atoms with Gasteiger partial charge >= 0.3 is 6.18 Å². The van der Waals surface area contributed by atoms with Crippen molar-refractivity contribution in [1.82, 2.24) is 25.3 Å². The molecule has 2 heterocycles. The third-order valence-electron chi connectivity index (χ3n) is 7.77. The molecule has 2 amide bonds. The van der Waals surface area contributed by atoms with Crippen molar-refractivity contribution in [2.24, 2.45) is 0 Å². The van der Waals surface area contributed by atoms with E-state index in [0.29, 0.717) is 0 Å². The molecule has 3 aliphatic rings. The molecule has 2 saturated carbocycles. The Morgan fingerprint density at radius 1 is 1.05 bits per heavy atom. The van der Waals surface area contributed by atoms with E-state index in [0.717, 1.165) is 51.0 Å².